The molecular weight excluding hydrogens is 248 g/mol. The van der Waals surface area contributed by atoms with Gasteiger partial charge in [-0.25, -0.2) is 0 Å². The Morgan fingerprint density at radius 3 is 2.74 bits per heavy atom. The van der Waals surface area contributed by atoms with Crippen molar-refractivity contribution in [3.05, 3.63) is 33.9 Å². The van der Waals surface area contributed by atoms with E-state index in [1.165, 1.54) is 6.07 Å². The van der Waals surface area contributed by atoms with Crippen molar-refractivity contribution >= 4 is 5.69 Å². The van der Waals surface area contributed by atoms with Crippen LogP contribution in [0.15, 0.2) is 18.2 Å². The van der Waals surface area contributed by atoms with Crippen LogP contribution in [0.1, 0.15) is 18.4 Å². The molecule has 1 N–H and O–H groups in total. The quantitative estimate of drug-likeness (QED) is 0.422. The molecule has 0 saturated heterocycles. The largest absolute Gasteiger partial charge is 0.496 e. The summed E-state index contributed by atoms with van der Waals surface area (Å²) in [6, 6.07) is 4.61. The summed E-state index contributed by atoms with van der Waals surface area (Å²) in [5, 5.41) is 14.0. The lowest BCUT2D eigenvalue weighted by Crippen LogP contribution is -2.15. The molecule has 19 heavy (non-hydrogen) atoms. The Bertz CT molecular complexity index is 410. The summed E-state index contributed by atoms with van der Waals surface area (Å²) in [5.74, 6) is 0.662. The number of unbranched alkanes of at least 4 members (excludes halogenated alkanes) is 1. The van der Waals surface area contributed by atoms with Crippen molar-refractivity contribution in [3.8, 4) is 5.75 Å². The van der Waals surface area contributed by atoms with Crippen LogP contribution in [0, 0.1) is 10.1 Å². The smallest absolute Gasteiger partial charge is 0.270 e. The van der Waals surface area contributed by atoms with Crippen LogP contribution >= 0.6 is 0 Å². The van der Waals surface area contributed by atoms with Gasteiger partial charge in [0.25, 0.3) is 5.69 Å². The van der Waals surface area contributed by atoms with Crippen molar-refractivity contribution in [2.75, 3.05) is 27.4 Å². The third-order valence-corrected chi connectivity index (χ3v) is 2.74. The van der Waals surface area contributed by atoms with Crippen molar-refractivity contribution in [2.45, 2.75) is 19.4 Å². The minimum Gasteiger partial charge on any atom is -0.496 e. The number of ether oxygens (including phenoxy) is 2. The topological polar surface area (TPSA) is 73.6 Å². The van der Waals surface area contributed by atoms with E-state index in [-0.39, 0.29) is 5.69 Å². The third-order valence-electron chi connectivity index (χ3n) is 2.74. The summed E-state index contributed by atoms with van der Waals surface area (Å²) in [6.07, 6.45) is 2.00. The van der Waals surface area contributed by atoms with E-state index in [9.17, 15) is 10.1 Å². The lowest BCUT2D eigenvalue weighted by molar-refractivity contribution is -0.384. The summed E-state index contributed by atoms with van der Waals surface area (Å²) in [6.45, 7) is 2.15. The number of hydrogen-bond donors (Lipinski definition) is 1. The van der Waals surface area contributed by atoms with Gasteiger partial charge >= 0.3 is 0 Å². The predicted molar refractivity (Wildman–Crippen MR) is 72.5 cm³/mol. The van der Waals surface area contributed by atoms with Crippen LogP contribution in [-0.4, -0.2) is 32.3 Å². The fourth-order valence-electron chi connectivity index (χ4n) is 1.74. The van der Waals surface area contributed by atoms with Gasteiger partial charge in [0.2, 0.25) is 0 Å². The molecule has 0 saturated carbocycles. The van der Waals surface area contributed by atoms with Gasteiger partial charge in [0.15, 0.2) is 0 Å². The lowest BCUT2D eigenvalue weighted by Gasteiger charge is -2.09. The van der Waals surface area contributed by atoms with Gasteiger partial charge in [0.05, 0.1) is 12.0 Å². The van der Waals surface area contributed by atoms with E-state index in [0.29, 0.717) is 12.3 Å². The SMILES string of the molecule is COCCCCNCc1cc([N+](=O)[O-])ccc1OC. The Morgan fingerprint density at radius 2 is 2.11 bits per heavy atom. The second-order valence-electron chi connectivity index (χ2n) is 4.13. The highest BCUT2D eigenvalue weighted by Crippen LogP contribution is 2.23. The third kappa shape index (κ3) is 5.23. The van der Waals surface area contributed by atoms with Gasteiger partial charge in [0, 0.05) is 38.0 Å². The molecule has 0 bridgehead atoms. The number of nitrogens with one attached hydrogen (secondary N) is 1. The number of rotatable bonds is 9. The Labute approximate surface area is 112 Å². The fraction of sp³-hybridized carbons (Fsp3) is 0.538. The number of nitro benzene ring substituents is 1. The molecule has 1 rings (SSSR count). The van der Waals surface area contributed by atoms with Crippen molar-refractivity contribution in [2.24, 2.45) is 0 Å². The number of nitrogens with zero attached hydrogens (tertiary/aromatic N) is 1. The molecular formula is C13H20N2O4. The summed E-state index contributed by atoms with van der Waals surface area (Å²) in [4.78, 5) is 10.3. The van der Waals surface area contributed by atoms with Crippen molar-refractivity contribution in [3.63, 3.8) is 0 Å². The van der Waals surface area contributed by atoms with E-state index in [1.807, 2.05) is 0 Å². The van der Waals surface area contributed by atoms with Crippen molar-refractivity contribution < 1.29 is 14.4 Å². The molecule has 0 aromatic heterocycles. The first kappa shape index (κ1) is 15.4. The normalized spacial score (nSPS) is 10.4. The maximum absolute atomic E-state index is 10.7. The molecule has 0 unspecified atom stereocenters. The average molecular weight is 268 g/mol. The Kier molecular flexibility index (Phi) is 6.84. The molecule has 0 fully saturated rings. The average Bonchev–Trinajstić information content (AvgIpc) is 2.42. The van der Waals surface area contributed by atoms with E-state index in [2.05, 4.69) is 5.32 Å². The molecule has 1 aromatic carbocycles. The number of hydrogen-bond acceptors (Lipinski definition) is 5. The molecule has 0 amide bonds. The molecule has 106 valence electrons. The second kappa shape index (κ2) is 8.44. The van der Waals surface area contributed by atoms with Crippen LogP contribution in [0.25, 0.3) is 0 Å². The first-order valence-corrected chi connectivity index (χ1v) is 6.20. The van der Waals surface area contributed by atoms with Crippen molar-refractivity contribution in [1.82, 2.24) is 5.32 Å². The molecule has 6 nitrogen and oxygen atoms in total. The van der Waals surface area contributed by atoms with Crippen LogP contribution in [0.5, 0.6) is 5.75 Å². The van der Waals surface area contributed by atoms with E-state index < -0.39 is 4.92 Å². The predicted octanol–water partition coefficient (Wildman–Crippen LogP) is 2.12. The number of benzene rings is 1. The molecule has 0 heterocycles. The van der Waals surface area contributed by atoms with Crippen LogP contribution in [0.3, 0.4) is 0 Å². The molecule has 0 radical (unpaired) electrons. The van der Waals surface area contributed by atoms with Gasteiger partial charge in [-0.2, -0.15) is 0 Å². The maximum Gasteiger partial charge on any atom is 0.270 e. The van der Waals surface area contributed by atoms with E-state index in [0.717, 1.165) is 31.6 Å². The monoisotopic (exact) mass is 268 g/mol. The van der Waals surface area contributed by atoms with Gasteiger partial charge in [-0.1, -0.05) is 0 Å². The van der Waals surface area contributed by atoms with E-state index in [1.54, 1.807) is 26.4 Å². The number of non-ortho nitro benzene ring substituents is 1. The summed E-state index contributed by atoms with van der Waals surface area (Å²) in [5.41, 5.74) is 0.875. The Hall–Kier alpha value is -1.66. The summed E-state index contributed by atoms with van der Waals surface area (Å²) in [7, 11) is 3.24. The lowest BCUT2D eigenvalue weighted by atomic mass is 10.1. The van der Waals surface area contributed by atoms with Gasteiger partial charge in [-0.15, -0.1) is 0 Å². The van der Waals surface area contributed by atoms with Gasteiger partial charge < -0.3 is 14.8 Å². The molecule has 0 spiro atoms. The summed E-state index contributed by atoms with van der Waals surface area (Å²) < 4.78 is 10.2. The van der Waals surface area contributed by atoms with E-state index in [4.69, 9.17) is 9.47 Å². The molecule has 1 aromatic rings. The highest BCUT2D eigenvalue weighted by molar-refractivity contribution is 5.43. The minimum absolute atomic E-state index is 0.0805. The van der Waals surface area contributed by atoms with Crippen molar-refractivity contribution in [1.29, 1.82) is 0 Å². The Morgan fingerprint density at radius 1 is 1.32 bits per heavy atom. The standard InChI is InChI=1S/C13H20N2O4/c1-18-8-4-3-7-14-10-11-9-12(15(16)17)5-6-13(11)19-2/h5-6,9,14H,3-4,7-8,10H2,1-2H3. The molecule has 0 aliphatic heterocycles. The molecule has 0 aliphatic carbocycles. The summed E-state index contributed by atoms with van der Waals surface area (Å²) >= 11 is 0. The number of nitro groups is 1. The zero-order chi connectivity index (χ0) is 14.1. The zero-order valence-electron chi connectivity index (χ0n) is 11.3. The minimum atomic E-state index is -0.401. The van der Waals surface area contributed by atoms with E-state index >= 15 is 0 Å². The van der Waals surface area contributed by atoms with Crippen LogP contribution in [0.4, 0.5) is 5.69 Å². The fourth-order valence-corrected chi connectivity index (χ4v) is 1.74. The highest BCUT2D eigenvalue weighted by Gasteiger charge is 2.10. The van der Waals surface area contributed by atoms with Crippen LogP contribution in [-0.2, 0) is 11.3 Å². The molecule has 6 heteroatoms. The molecule has 0 aliphatic rings. The van der Waals surface area contributed by atoms with Crippen LogP contribution in [0.2, 0.25) is 0 Å². The van der Waals surface area contributed by atoms with Gasteiger partial charge in [-0.3, -0.25) is 10.1 Å². The zero-order valence-corrected chi connectivity index (χ0v) is 11.3. The number of methoxy groups -OCH3 is 2. The Balaban J connectivity index is 2.50. The molecule has 0 atom stereocenters. The van der Waals surface area contributed by atoms with Gasteiger partial charge in [-0.05, 0) is 25.5 Å². The van der Waals surface area contributed by atoms with Crippen LogP contribution < -0.4 is 10.1 Å². The second-order valence-corrected chi connectivity index (χ2v) is 4.13. The maximum atomic E-state index is 10.7. The first-order chi connectivity index (χ1) is 9.19. The first-order valence-electron chi connectivity index (χ1n) is 6.20. The highest BCUT2D eigenvalue weighted by atomic mass is 16.6. The van der Waals surface area contributed by atoms with Gasteiger partial charge in [0.1, 0.15) is 5.75 Å².